The van der Waals surface area contributed by atoms with Gasteiger partial charge in [-0.05, 0) is 59.6 Å². The minimum atomic E-state index is 0.599. The Hall–Kier alpha value is -1.68. The summed E-state index contributed by atoms with van der Waals surface area (Å²) in [6.45, 7) is 4.59. The summed E-state index contributed by atoms with van der Waals surface area (Å²) in [6, 6.07) is 11.9. The van der Waals surface area contributed by atoms with Crippen LogP contribution in [0, 0.1) is 6.92 Å². The van der Waals surface area contributed by atoms with Gasteiger partial charge in [0.25, 0.3) is 0 Å². The molecule has 0 heterocycles. The lowest BCUT2D eigenvalue weighted by Gasteiger charge is -2.14. The van der Waals surface area contributed by atoms with Gasteiger partial charge in [0.05, 0.1) is 23.7 Å². The first kappa shape index (κ1) is 13.7. The zero-order valence-corrected chi connectivity index (χ0v) is 12.6. The minimum Gasteiger partial charge on any atom is -0.492 e. The van der Waals surface area contributed by atoms with Gasteiger partial charge in [0, 0.05) is 4.47 Å². The van der Waals surface area contributed by atoms with Crippen molar-refractivity contribution in [3.63, 3.8) is 0 Å². The molecule has 0 spiro atoms. The SMILES string of the molecule is CCOc1cccc(Nc2cc(C)ccc2Br)c1N. The second kappa shape index (κ2) is 5.97. The Morgan fingerprint density at radius 2 is 2.00 bits per heavy atom. The zero-order valence-electron chi connectivity index (χ0n) is 11.0. The molecule has 0 aliphatic carbocycles. The molecule has 0 aliphatic heterocycles. The maximum Gasteiger partial charge on any atom is 0.144 e. The van der Waals surface area contributed by atoms with E-state index in [0.29, 0.717) is 18.0 Å². The van der Waals surface area contributed by atoms with E-state index in [-0.39, 0.29) is 0 Å². The lowest BCUT2D eigenvalue weighted by atomic mass is 10.2. The van der Waals surface area contributed by atoms with Crippen LogP contribution in [0.3, 0.4) is 0 Å². The second-order valence-electron chi connectivity index (χ2n) is 4.26. The Morgan fingerprint density at radius 1 is 1.21 bits per heavy atom. The summed E-state index contributed by atoms with van der Waals surface area (Å²) >= 11 is 3.53. The van der Waals surface area contributed by atoms with Crippen molar-refractivity contribution in [3.05, 3.63) is 46.4 Å². The summed E-state index contributed by atoms with van der Waals surface area (Å²) in [5.41, 5.74) is 9.74. The van der Waals surface area contributed by atoms with Gasteiger partial charge in [-0.1, -0.05) is 12.1 Å². The van der Waals surface area contributed by atoms with Crippen LogP contribution in [0.15, 0.2) is 40.9 Å². The number of rotatable bonds is 4. The third kappa shape index (κ3) is 3.20. The fourth-order valence-corrected chi connectivity index (χ4v) is 2.16. The number of nitrogen functional groups attached to an aromatic ring is 1. The molecule has 0 atom stereocenters. The molecular weight excluding hydrogens is 304 g/mol. The Balaban J connectivity index is 2.33. The van der Waals surface area contributed by atoms with Crippen LogP contribution < -0.4 is 15.8 Å². The average Bonchev–Trinajstić information content (AvgIpc) is 2.39. The predicted octanol–water partition coefficient (Wildman–Crippen LogP) is 4.48. The molecule has 0 saturated carbocycles. The summed E-state index contributed by atoms with van der Waals surface area (Å²) in [5, 5.41) is 3.33. The predicted molar refractivity (Wildman–Crippen MR) is 84.2 cm³/mol. The normalized spacial score (nSPS) is 10.3. The number of para-hydroxylation sites is 1. The maximum atomic E-state index is 6.10. The van der Waals surface area contributed by atoms with E-state index in [2.05, 4.69) is 40.3 Å². The van der Waals surface area contributed by atoms with E-state index in [9.17, 15) is 0 Å². The molecule has 3 nitrogen and oxygen atoms in total. The van der Waals surface area contributed by atoms with Crippen molar-refractivity contribution in [2.45, 2.75) is 13.8 Å². The van der Waals surface area contributed by atoms with E-state index in [1.165, 1.54) is 5.56 Å². The fourth-order valence-electron chi connectivity index (χ4n) is 1.81. The minimum absolute atomic E-state index is 0.599. The Morgan fingerprint density at radius 3 is 2.74 bits per heavy atom. The number of nitrogens with one attached hydrogen (secondary N) is 1. The molecule has 19 heavy (non-hydrogen) atoms. The highest BCUT2D eigenvalue weighted by Gasteiger charge is 2.07. The number of anilines is 3. The molecule has 0 fully saturated rings. The highest BCUT2D eigenvalue weighted by molar-refractivity contribution is 9.10. The number of hydrogen-bond acceptors (Lipinski definition) is 3. The van der Waals surface area contributed by atoms with Gasteiger partial charge in [-0.2, -0.15) is 0 Å². The first-order valence-electron chi connectivity index (χ1n) is 6.16. The first-order valence-corrected chi connectivity index (χ1v) is 6.95. The van der Waals surface area contributed by atoms with Gasteiger partial charge < -0.3 is 15.8 Å². The van der Waals surface area contributed by atoms with Gasteiger partial charge in [-0.15, -0.1) is 0 Å². The molecule has 0 radical (unpaired) electrons. The summed E-state index contributed by atoms with van der Waals surface area (Å²) in [4.78, 5) is 0. The molecule has 2 rings (SSSR count). The van der Waals surface area contributed by atoms with Crippen LogP contribution >= 0.6 is 15.9 Å². The summed E-state index contributed by atoms with van der Waals surface area (Å²) in [7, 11) is 0. The Bertz CT molecular complexity index is 584. The van der Waals surface area contributed by atoms with Crippen LogP contribution in [0.25, 0.3) is 0 Å². The lowest BCUT2D eigenvalue weighted by Crippen LogP contribution is -2.01. The van der Waals surface area contributed by atoms with E-state index in [1.54, 1.807) is 0 Å². The topological polar surface area (TPSA) is 47.3 Å². The van der Waals surface area contributed by atoms with Crippen LogP contribution in [-0.2, 0) is 0 Å². The van der Waals surface area contributed by atoms with Crippen molar-refractivity contribution in [1.82, 2.24) is 0 Å². The number of nitrogens with two attached hydrogens (primary N) is 1. The van der Waals surface area contributed by atoms with Crippen molar-refractivity contribution in [1.29, 1.82) is 0 Å². The molecule has 4 heteroatoms. The van der Waals surface area contributed by atoms with Crippen LogP contribution in [0.2, 0.25) is 0 Å². The average molecular weight is 321 g/mol. The molecule has 0 amide bonds. The van der Waals surface area contributed by atoms with Crippen molar-refractivity contribution in [3.8, 4) is 5.75 Å². The van der Waals surface area contributed by atoms with E-state index < -0.39 is 0 Å². The van der Waals surface area contributed by atoms with Gasteiger partial charge in [0.1, 0.15) is 5.75 Å². The molecule has 0 unspecified atom stereocenters. The number of ether oxygens (including phenoxy) is 1. The molecule has 2 aromatic carbocycles. The fraction of sp³-hybridized carbons (Fsp3) is 0.200. The van der Waals surface area contributed by atoms with Gasteiger partial charge in [-0.3, -0.25) is 0 Å². The molecule has 0 aromatic heterocycles. The summed E-state index contributed by atoms with van der Waals surface area (Å²) in [5.74, 6) is 0.705. The molecule has 100 valence electrons. The third-order valence-corrected chi connectivity index (χ3v) is 3.45. The van der Waals surface area contributed by atoms with Crippen LogP contribution in [0.4, 0.5) is 17.1 Å². The zero-order chi connectivity index (χ0) is 13.8. The summed E-state index contributed by atoms with van der Waals surface area (Å²) < 4.78 is 6.49. The number of aryl methyl sites for hydroxylation is 1. The second-order valence-corrected chi connectivity index (χ2v) is 5.11. The van der Waals surface area contributed by atoms with Crippen molar-refractivity contribution >= 4 is 33.0 Å². The monoisotopic (exact) mass is 320 g/mol. The number of halogens is 1. The van der Waals surface area contributed by atoms with Gasteiger partial charge in [0.2, 0.25) is 0 Å². The molecule has 0 bridgehead atoms. The van der Waals surface area contributed by atoms with Crippen molar-refractivity contribution in [2.24, 2.45) is 0 Å². The van der Waals surface area contributed by atoms with Gasteiger partial charge in [0.15, 0.2) is 0 Å². The molecule has 0 saturated heterocycles. The third-order valence-electron chi connectivity index (χ3n) is 2.76. The van der Waals surface area contributed by atoms with E-state index >= 15 is 0 Å². The smallest absolute Gasteiger partial charge is 0.144 e. The van der Waals surface area contributed by atoms with E-state index in [0.717, 1.165) is 15.8 Å². The molecular formula is C15H17BrN2O. The van der Waals surface area contributed by atoms with Gasteiger partial charge >= 0.3 is 0 Å². The van der Waals surface area contributed by atoms with Crippen molar-refractivity contribution < 1.29 is 4.74 Å². The van der Waals surface area contributed by atoms with Crippen LogP contribution in [0.1, 0.15) is 12.5 Å². The molecule has 2 aromatic rings. The number of hydrogen-bond donors (Lipinski definition) is 2. The quantitative estimate of drug-likeness (QED) is 0.816. The summed E-state index contributed by atoms with van der Waals surface area (Å²) in [6.07, 6.45) is 0. The highest BCUT2D eigenvalue weighted by Crippen LogP contribution is 2.34. The van der Waals surface area contributed by atoms with Crippen LogP contribution in [0.5, 0.6) is 5.75 Å². The highest BCUT2D eigenvalue weighted by atomic mass is 79.9. The Kier molecular flexibility index (Phi) is 4.32. The maximum absolute atomic E-state index is 6.10. The van der Waals surface area contributed by atoms with E-state index in [1.807, 2.05) is 31.2 Å². The van der Waals surface area contributed by atoms with Gasteiger partial charge in [-0.25, -0.2) is 0 Å². The standard InChI is InChI=1S/C15H17BrN2O/c1-3-19-14-6-4-5-12(15(14)17)18-13-9-10(2)7-8-11(13)16/h4-9,18H,3,17H2,1-2H3. The van der Waals surface area contributed by atoms with Crippen molar-refractivity contribution in [2.75, 3.05) is 17.7 Å². The Labute approximate surface area is 121 Å². The van der Waals surface area contributed by atoms with E-state index in [4.69, 9.17) is 10.5 Å². The van der Waals surface area contributed by atoms with Crippen LogP contribution in [-0.4, -0.2) is 6.61 Å². The molecule has 3 N–H and O–H groups in total. The largest absolute Gasteiger partial charge is 0.492 e. The lowest BCUT2D eigenvalue weighted by molar-refractivity contribution is 0.342. The molecule has 0 aliphatic rings. The number of benzene rings is 2. The first-order chi connectivity index (χ1) is 9.11.